The molecule has 11 rings (SSSR count). The normalized spacial score (nSPS) is 13.7. The first-order chi connectivity index (χ1) is 35.0. The molecule has 7 heteroatoms. The predicted molar refractivity (Wildman–Crippen MR) is 253 cm³/mol. The fraction of sp³-hybridized carbons (Fsp3) is 0.0702. The molecule has 0 radical (unpaired) electrons. The van der Waals surface area contributed by atoms with Crippen molar-refractivity contribution in [3.8, 4) is 62.2 Å². The quantitative estimate of drug-likeness (QED) is 0.113. The Hall–Kier alpha value is -7.40. The maximum atomic E-state index is 9.02. The van der Waals surface area contributed by atoms with Gasteiger partial charge in [0.05, 0.1) is 36.1 Å². The van der Waals surface area contributed by atoms with Crippen LogP contribution in [0.15, 0.2) is 194 Å². The van der Waals surface area contributed by atoms with Gasteiger partial charge in [0.1, 0.15) is 5.82 Å². The van der Waals surface area contributed by atoms with Gasteiger partial charge >= 0.3 is 0 Å². The second-order valence-electron chi connectivity index (χ2n) is 16.0. The van der Waals surface area contributed by atoms with Crippen LogP contribution in [-0.2, 0) is 26.5 Å². The second kappa shape index (κ2) is 16.7. The van der Waals surface area contributed by atoms with Crippen LogP contribution in [0.1, 0.15) is 40.0 Å². The van der Waals surface area contributed by atoms with Gasteiger partial charge in [0.2, 0.25) is 0 Å². The van der Waals surface area contributed by atoms with Crippen molar-refractivity contribution in [2.45, 2.75) is 26.2 Å². The Morgan fingerprint density at radius 3 is 2.06 bits per heavy atom. The van der Waals surface area contributed by atoms with E-state index in [1.165, 1.54) is 0 Å². The van der Waals surface area contributed by atoms with Crippen molar-refractivity contribution < 1.29 is 44.1 Å². The first-order valence-corrected chi connectivity index (χ1v) is 20.3. The van der Waals surface area contributed by atoms with Gasteiger partial charge in [-0.15, -0.1) is 29.7 Å². The largest absolute Gasteiger partial charge is 0.510 e. The Bertz CT molecular complexity index is 3930. The fourth-order valence-corrected chi connectivity index (χ4v) is 8.03. The number of ether oxygens (including phenoxy) is 1. The van der Waals surface area contributed by atoms with E-state index in [1.807, 2.05) is 72.9 Å². The zero-order valence-electron chi connectivity index (χ0n) is 44.7. The summed E-state index contributed by atoms with van der Waals surface area (Å²) >= 11 is 0. The van der Waals surface area contributed by atoms with Gasteiger partial charge < -0.3 is 13.9 Å². The van der Waals surface area contributed by atoms with Gasteiger partial charge in [-0.2, -0.15) is 18.2 Å². The van der Waals surface area contributed by atoms with Crippen LogP contribution in [0.2, 0.25) is 0 Å². The van der Waals surface area contributed by atoms with E-state index < -0.39 is 60.4 Å². The summed E-state index contributed by atoms with van der Waals surface area (Å²) in [5, 5.41) is 1.93. The average molecular weight is 1020 g/mol. The molecular weight excluding hydrogens is 966 g/mol. The monoisotopic (exact) mass is 1020 g/mol. The summed E-state index contributed by atoms with van der Waals surface area (Å²) in [6.07, 6.45) is 7.01. The van der Waals surface area contributed by atoms with Crippen LogP contribution < -0.4 is 9.30 Å². The van der Waals surface area contributed by atoms with Crippen LogP contribution in [0.4, 0.5) is 0 Å². The Morgan fingerprint density at radius 1 is 0.609 bits per heavy atom. The minimum Gasteiger partial charge on any atom is -0.510 e. The molecule has 0 aliphatic rings. The molecule has 64 heavy (non-hydrogen) atoms. The molecule has 0 atom stereocenters. The molecule has 0 fully saturated rings. The predicted octanol–water partition coefficient (Wildman–Crippen LogP) is 13.3. The zero-order chi connectivity index (χ0) is 51.2. The molecule has 7 aromatic carbocycles. The molecule has 0 aliphatic heterocycles. The maximum absolute atomic E-state index is 9.02. The minimum absolute atomic E-state index is 0. The van der Waals surface area contributed by atoms with E-state index in [9.17, 15) is 0 Å². The number of hydrogen-bond acceptors (Lipinski definition) is 3. The van der Waals surface area contributed by atoms with Gasteiger partial charge in [-0.3, -0.25) is 9.55 Å². The van der Waals surface area contributed by atoms with E-state index in [1.54, 1.807) is 45.7 Å². The van der Waals surface area contributed by atoms with Crippen LogP contribution in [0.5, 0.6) is 11.5 Å². The number of fused-ring (bicyclic) bond motifs is 4. The van der Waals surface area contributed by atoms with E-state index in [2.05, 4.69) is 73.0 Å². The number of pyridine rings is 2. The first-order valence-electron chi connectivity index (χ1n) is 25.3. The van der Waals surface area contributed by atoms with Crippen molar-refractivity contribution in [1.29, 1.82) is 0 Å². The maximum Gasteiger partial charge on any atom is 0.268 e. The molecule has 11 aromatic rings. The minimum atomic E-state index is -0.575. The smallest absolute Gasteiger partial charge is 0.268 e. The van der Waals surface area contributed by atoms with Crippen molar-refractivity contribution in [3.05, 3.63) is 218 Å². The number of aromatic nitrogens is 5. The Morgan fingerprint density at radius 2 is 1.33 bits per heavy atom. The molecule has 0 aliphatic carbocycles. The number of rotatable bonds is 8. The zero-order valence-corrected chi connectivity index (χ0v) is 36.9. The van der Waals surface area contributed by atoms with Crippen LogP contribution in [-0.4, -0.2) is 19.1 Å². The van der Waals surface area contributed by atoms with Crippen LogP contribution in [0.25, 0.3) is 83.5 Å². The van der Waals surface area contributed by atoms with Crippen LogP contribution in [0, 0.1) is 18.5 Å². The molecule has 6 nitrogen and oxygen atoms in total. The SMILES string of the molecule is [2H]c1c([2H])c([2H])c(-c2cccc(-c3c([2H])c([2H])c([2H])c([2H])c3[2H])c2-[n+]2[c-]n(-c3[c-]c(Oc4[c-]c5c(cc4)c4cc(-c6ccccn6)ccc4n5-c4cc(C(C)(C)C)ccn4)ccc3)c3ccccc32)c([2H])c1[2H].[Pt]. The summed E-state index contributed by atoms with van der Waals surface area (Å²) in [6, 6.07) is 39.2. The van der Waals surface area contributed by atoms with Crippen molar-refractivity contribution >= 4 is 32.8 Å². The summed E-state index contributed by atoms with van der Waals surface area (Å²) in [5.74, 6) is 1.48. The molecule has 0 amide bonds. The molecule has 0 saturated carbocycles. The summed E-state index contributed by atoms with van der Waals surface area (Å²) in [4.78, 5) is 9.46. The van der Waals surface area contributed by atoms with Gasteiger partial charge in [-0.1, -0.05) is 147 Å². The Labute approximate surface area is 401 Å². The topological polar surface area (TPSA) is 48.8 Å². The number of imidazole rings is 1. The van der Waals surface area contributed by atoms with Gasteiger partial charge in [0, 0.05) is 50.5 Å². The van der Waals surface area contributed by atoms with E-state index >= 15 is 0 Å². The second-order valence-corrected chi connectivity index (χ2v) is 16.0. The van der Waals surface area contributed by atoms with Crippen molar-refractivity contribution in [2.75, 3.05) is 0 Å². The Balaban J connectivity index is 0.00000626. The van der Waals surface area contributed by atoms with Gasteiger partial charge in [0.15, 0.2) is 0 Å². The number of para-hydroxylation sites is 3. The third-order valence-corrected chi connectivity index (χ3v) is 11.0. The van der Waals surface area contributed by atoms with Gasteiger partial charge in [0.25, 0.3) is 6.33 Å². The van der Waals surface area contributed by atoms with Crippen LogP contribution in [0.3, 0.4) is 0 Å². The third kappa shape index (κ3) is 7.40. The van der Waals surface area contributed by atoms with Crippen molar-refractivity contribution in [3.63, 3.8) is 0 Å². The summed E-state index contributed by atoms with van der Waals surface area (Å²) in [7, 11) is 0. The number of benzene rings is 7. The van der Waals surface area contributed by atoms with Crippen LogP contribution >= 0.6 is 0 Å². The van der Waals surface area contributed by atoms with Gasteiger partial charge in [-0.25, -0.2) is 4.98 Å². The molecule has 0 spiro atoms. The summed E-state index contributed by atoms with van der Waals surface area (Å²) in [6.45, 7) is 6.50. The average Bonchev–Trinajstić information content (AvgIpc) is 3.94. The van der Waals surface area contributed by atoms with Gasteiger partial charge in [-0.05, 0) is 80.2 Å². The number of hydrogen-bond donors (Lipinski definition) is 0. The summed E-state index contributed by atoms with van der Waals surface area (Å²) in [5.41, 5.74) is 6.25. The standard InChI is InChI=1S/C57H41N5O.Pt/c1-57(2,3)42-31-33-59-55(35-42)62-51-30-27-41(50-24-12-13-32-58-50)34-49(51)48-29-28-45(37-54(48)62)63-44-21-14-20-43(36-44)60-38-61(53-26-11-10-25-52(53)60)56-46(39-16-6-4-7-17-39)22-15-23-47(56)40-18-8-5-9-19-40;/h4-35H,1-3H3;/q-2;/i4D,5D,6D,7D,8D,9D,16D,17D,18D,19D;. The van der Waals surface area contributed by atoms with Crippen molar-refractivity contribution in [2.24, 2.45) is 0 Å². The van der Waals surface area contributed by atoms with Crippen molar-refractivity contribution in [1.82, 2.24) is 19.1 Å². The first kappa shape index (κ1) is 30.6. The molecule has 312 valence electrons. The molecule has 0 saturated heterocycles. The Kier molecular flexibility index (Phi) is 7.99. The van der Waals surface area contributed by atoms with E-state index in [0.29, 0.717) is 28.2 Å². The molecule has 4 aromatic heterocycles. The molecule has 4 heterocycles. The third-order valence-electron chi connectivity index (χ3n) is 11.0. The fourth-order valence-electron chi connectivity index (χ4n) is 8.03. The van der Waals surface area contributed by atoms with E-state index in [4.69, 9.17) is 23.4 Å². The number of nitrogens with zero attached hydrogens (tertiary/aromatic N) is 5. The van der Waals surface area contributed by atoms with E-state index in [-0.39, 0.29) is 54.4 Å². The molecule has 0 unspecified atom stereocenters. The molecule has 0 N–H and O–H groups in total. The van der Waals surface area contributed by atoms with E-state index in [0.717, 1.165) is 44.4 Å². The summed E-state index contributed by atoms with van der Waals surface area (Å²) < 4.78 is 99.1. The molecular formula is C57H41N5OPt-2. The molecule has 0 bridgehead atoms.